The van der Waals surface area contributed by atoms with Crippen LogP contribution in [-0.2, 0) is 11.2 Å². The molecule has 0 saturated carbocycles. The maximum Gasteiger partial charge on any atom is 0.265 e. The summed E-state index contributed by atoms with van der Waals surface area (Å²) in [6.45, 7) is 3.51. The highest BCUT2D eigenvalue weighted by molar-refractivity contribution is 5.97. The predicted molar refractivity (Wildman–Crippen MR) is 87.1 cm³/mol. The third kappa shape index (κ3) is 3.10. The van der Waals surface area contributed by atoms with Gasteiger partial charge in [-0.1, -0.05) is 0 Å². The van der Waals surface area contributed by atoms with Gasteiger partial charge in [0.15, 0.2) is 6.10 Å². The quantitative estimate of drug-likeness (QED) is 0.728. The Balaban J connectivity index is 1.78. The molecule has 0 fully saturated rings. The molecular formula is C17H25N3O2. The molecule has 2 unspecified atom stereocenters. The van der Waals surface area contributed by atoms with Crippen molar-refractivity contribution in [3.63, 3.8) is 0 Å². The third-order valence-electron chi connectivity index (χ3n) is 4.51. The zero-order chi connectivity index (χ0) is 15.5. The van der Waals surface area contributed by atoms with E-state index < -0.39 is 6.10 Å². The van der Waals surface area contributed by atoms with Crippen LogP contribution >= 0.6 is 0 Å². The minimum Gasteiger partial charge on any atom is -0.479 e. The molecule has 2 atom stereocenters. The van der Waals surface area contributed by atoms with Crippen molar-refractivity contribution in [1.29, 1.82) is 0 Å². The number of hydrogen-bond acceptors (Lipinski definition) is 4. The van der Waals surface area contributed by atoms with Crippen molar-refractivity contribution in [3.8, 4) is 5.75 Å². The average molecular weight is 303 g/mol. The maximum atomic E-state index is 11.8. The van der Waals surface area contributed by atoms with E-state index in [9.17, 15) is 4.79 Å². The number of fused-ring (bicyclic) bond motifs is 2. The maximum absolute atomic E-state index is 11.8. The van der Waals surface area contributed by atoms with E-state index in [1.807, 2.05) is 0 Å². The van der Waals surface area contributed by atoms with E-state index in [-0.39, 0.29) is 5.91 Å². The second-order valence-electron chi connectivity index (χ2n) is 6.19. The highest BCUT2D eigenvalue weighted by Gasteiger charge is 2.27. The largest absolute Gasteiger partial charge is 0.479 e. The molecule has 1 aromatic rings. The predicted octanol–water partition coefficient (Wildman–Crippen LogP) is 2.11. The van der Waals surface area contributed by atoms with E-state index >= 15 is 0 Å². The SMILES string of the molecule is CC1Oc2cc3c(cc2NC1=O)C(NCCCCN)CCC3. The fourth-order valence-corrected chi connectivity index (χ4v) is 3.26. The third-order valence-corrected chi connectivity index (χ3v) is 4.51. The zero-order valence-electron chi connectivity index (χ0n) is 13.2. The Bertz CT molecular complexity index is 559. The number of ether oxygens (including phenoxy) is 1. The molecule has 0 spiro atoms. The van der Waals surface area contributed by atoms with Gasteiger partial charge >= 0.3 is 0 Å². The van der Waals surface area contributed by atoms with Crippen molar-refractivity contribution in [1.82, 2.24) is 5.32 Å². The van der Waals surface area contributed by atoms with Gasteiger partial charge in [0.05, 0.1) is 5.69 Å². The lowest BCUT2D eigenvalue weighted by molar-refractivity contribution is -0.122. The van der Waals surface area contributed by atoms with E-state index in [4.69, 9.17) is 10.5 Å². The summed E-state index contributed by atoms with van der Waals surface area (Å²) in [5, 5.41) is 6.58. The van der Waals surface area contributed by atoms with Crippen LogP contribution in [0, 0.1) is 0 Å². The van der Waals surface area contributed by atoms with Gasteiger partial charge in [-0.25, -0.2) is 0 Å². The molecule has 1 aliphatic carbocycles. The molecule has 0 radical (unpaired) electrons. The first-order valence-corrected chi connectivity index (χ1v) is 8.27. The number of anilines is 1. The summed E-state index contributed by atoms with van der Waals surface area (Å²) in [6, 6.07) is 4.56. The van der Waals surface area contributed by atoms with Gasteiger partial charge in [-0.2, -0.15) is 0 Å². The van der Waals surface area contributed by atoms with Crippen molar-refractivity contribution in [2.24, 2.45) is 5.73 Å². The minimum atomic E-state index is -0.417. The number of carbonyl (C=O) groups excluding carboxylic acids is 1. The summed E-state index contributed by atoms with van der Waals surface area (Å²) < 4.78 is 5.71. The first kappa shape index (κ1) is 15.3. The molecule has 1 amide bonds. The summed E-state index contributed by atoms with van der Waals surface area (Å²) in [7, 11) is 0. The lowest BCUT2D eigenvalue weighted by Gasteiger charge is -2.30. The van der Waals surface area contributed by atoms with Crippen molar-refractivity contribution in [3.05, 3.63) is 23.3 Å². The second-order valence-corrected chi connectivity index (χ2v) is 6.19. The molecule has 0 bridgehead atoms. The van der Waals surface area contributed by atoms with Gasteiger partial charge in [0.2, 0.25) is 0 Å². The van der Waals surface area contributed by atoms with Gasteiger partial charge in [-0.3, -0.25) is 4.79 Å². The smallest absolute Gasteiger partial charge is 0.265 e. The van der Waals surface area contributed by atoms with Gasteiger partial charge in [0.25, 0.3) is 5.91 Å². The number of unbranched alkanes of at least 4 members (excludes halogenated alkanes) is 1. The molecule has 1 heterocycles. The molecule has 5 nitrogen and oxygen atoms in total. The molecule has 5 heteroatoms. The van der Waals surface area contributed by atoms with Crippen LogP contribution in [0.4, 0.5) is 5.69 Å². The molecule has 3 rings (SSSR count). The number of aryl methyl sites for hydroxylation is 1. The van der Waals surface area contributed by atoms with Crippen molar-refractivity contribution in [2.75, 3.05) is 18.4 Å². The summed E-state index contributed by atoms with van der Waals surface area (Å²) in [6.07, 6.45) is 5.14. The molecular weight excluding hydrogens is 278 g/mol. The number of benzene rings is 1. The standard InChI is InChI=1S/C17H25N3O2/c1-11-17(21)20-15-10-13-12(9-16(15)22-11)5-4-6-14(13)19-8-3-2-7-18/h9-11,14,19H,2-8,18H2,1H3,(H,20,21). The van der Waals surface area contributed by atoms with Crippen molar-refractivity contribution < 1.29 is 9.53 Å². The zero-order valence-corrected chi connectivity index (χ0v) is 13.2. The van der Waals surface area contributed by atoms with Crippen LogP contribution < -0.4 is 21.1 Å². The highest BCUT2D eigenvalue weighted by atomic mass is 16.5. The topological polar surface area (TPSA) is 76.4 Å². The van der Waals surface area contributed by atoms with Crippen LogP contribution in [-0.4, -0.2) is 25.1 Å². The Hall–Kier alpha value is -1.59. The normalized spacial score (nSPS) is 23.3. The molecule has 0 saturated heterocycles. The van der Waals surface area contributed by atoms with Crippen LogP contribution in [0.5, 0.6) is 5.75 Å². The number of nitrogens with two attached hydrogens (primary N) is 1. The van der Waals surface area contributed by atoms with E-state index in [0.29, 0.717) is 6.04 Å². The Kier molecular flexibility index (Phi) is 4.64. The van der Waals surface area contributed by atoms with E-state index in [0.717, 1.165) is 50.2 Å². The van der Waals surface area contributed by atoms with E-state index in [1.165, 1.54) is 17.5 Å². The summed E-state index contributed by atoms with van der Waals surface area (Å²) in [5.41, 5.74) is 8.99. The molecule has 120 valence electrons. The molecule has 1 aromatic carbocycles. The summed E-state index contributed by atoms with van der Waals surface area (Å²) >= 11 is 0. The van der Waals surface area contributed by atoms with Gasteiger partial charge in [0.1, 0.15) is 5.75 Å². The summed E-state index contributed by atoms with van der Waals surface area (Å²) in [4.78, 5) is 11.8. The van der Waals surface area contributed by atoms with Crippen LogP contribution in [0.25, 0.3) is 0 Å². The van der Waals surface area contributed by atoms with Gasteiger partial charge < -0.3 is 21.1 Å². The average Bonchev–Trinajstić information content (AvgIpc) is 2.51. The first-order valence-electron chi connectivity index (χ1n) is 8.27. The summed E-state index contributed by atoms with van der Waals surface area (Å²) in [5.74, 6) is 0.727. The Morgan fingerprint density at radius 3 is 3.09 bits per heavy atom. The van der Waals surface area contributed by atoms with E-state index in [1.54, 1.807) is 6.92 Å². The van der Waals surface area contributed by atoms with Crippen LogP contribution in [0.3, 0.4) is 0 Å². The van der Waals surface area contributed by atoms with Gasteiger partial charge in [0, 0.05) is 6.04 Å². The molecule has 2 aliphatic rings. The number of carbonyl (C=O) groups is 1. The number of amides is 1. The Labute approximate surface area is 131 Å². The molecule has 22 heavy (non-hydrogen) atoms. The van der Waals surface area contributed by atoms with Crippen molar-refractivity contribution in [2.45, 2.75) is 51.2 Å². The van der Waals surface area contributed by atoms with Gasteiger partial charge in [-0.15, -0.1) is 0 Å². The van der Waals surface area contributed by atoms with Crippen molar-refractivity contribution >= 4 is 11.6 Å². The van der Waals surface area contributed by atoms with Crippen LogP contribution in [0.15, 0.2) is 12.1 Å². The lowest BCUT2D eigenvalue weighted by Crippen LogP contribution is -2.35. The highest BCUT2D eigenvalue weighted by Crippen LogP contribution is 2.39. The fraction of sp³-hybridized carbons (Fsp3) is 0.588. The monoisotopic (exact) mass is 303 g/mol. The number of nitrogens with one attached hydrogen (secondary N) is 2. The number of hydrogen-bond donors (Lipinski definition) is 3. The number of rotatable bonds is 5. The van der Waals surface area contributed by atoms with Crippen LogP contribution in [0.2, 0.25) is 0 Å². The first-order chi connectivity index (χ1) is 10.7. The van der Waals surface area contributed by atoms with Gasteiger partial charge in [-0.05, 0) is 75.4 Å². The Morgan fingerprint density at radius 1 is 1.41 bits per heavy atom. The molecule has 1 aliphatic heterocycles. The van der Waals surface area contributed by atoms with E-state index in [2.05, 4.69) is 22.8 Å². The van der Waals surface area contributed by atoms with Crippen LogP contribution in [0.1, 0.15) is 49.8 Å². The Morgan fingerprint density at radius 2 is 2.27 bits per heavy atom. The second kappa shape index (κ2) is 6.67. The molecule has 0 aromatic heterocycles. The fourth-order valence-electron chi connectivity index (χ4n) is 3.26. The minimum absolute atomic E-state index is 0.0734. The lowest BCUT2D eigenvalue weighted by atomic mass is 9.86. The molecule has 4 N–H and O–H groups in total.